The predicted molar refractivity (Wildman–Crippen MR) is 41.8 cm³/mol. The lowest BCUT2D eigenvalue weighted by molar-refractivity contribution is 0.184. The van der Waals surface area contributed by atoms with Crippen molar-refractivity contribution in [2.75, 3.05) is 7.11 Å². The first-order valence-electron chi connectivity index (χ1n) is 3.45. The normalized spacial score (nSPS) is 9.42. The van der Waals surface area contributed by atoms with Crippen molar-refractivity contribution in [2.24, 2.45) is 0 Å². The van der Waals surface area contributed by atoms with Crippen molar-refractivity contribution in [2.45, 2.75) is 6.61 Å². The third kappa shape index (κ3) is 1.80. The fraction of sp³-hybridized carbons (Fsp3) is 0.222. The second-order valence-corrected chi connectivity index (χ2v) is 2.35. The highest BCUT2D eigenvalue weighted by Crippen LogP contribution is 2.10. The molecule has 0 atom stereocenters. The van der Waals surface area contributed by atoms with Gasteiger partial charge in [-0.25, -0.2) is 4.39 Å². The van der Waals surface area contributed by atoms with E-state index in [9.17, 15) is 4.39 Å². The molecule has 0 aliphatic heterocycles. The van der Waals surface area contributed by atoms with Crippen LogP contribution < -0.4 is 0 Å². The summed E-state index contributed by atoms with van der Waals surface area (Å²) in [4.78, 5) is 0. The highest BCUT2D eigenvalue weighted by molar-refractivity contribution is 5.37. The quantitative estimate of drug-likeness (QED) is 0.669. The molecule has 0 aliphatic carbocycles. The summed E-state index contributed by atoms with van der Waals surface area (Å²) >= 11 is 0. The summed E-state index contributed by atoms with van der Waals surface area (Å²) in [6.07, 6.45) is 0. The van der Waals surface area contributed by atoms with Crippen molar-refractivity contribution in [3.05, 3.63) is 35.1 Å². The van der Waals surface area contributed by atoms with Crippen LogP contribution in [0.25, 0.3) is 0 Å². The highest BCUT2D eigenvalue weighted by atomic mass is 19.1. The maximum absolute atomic E-state index is 12.6. The van der Waals surface area contributed by atoms with Gasteiger partial charge in [-0.05, 0) is 17.7 Å². The Morgan fingerprint density at radius 2 is 2.33 bits per heavy atom. The van der Waals surface area contributed by atoms with Gasteiger partial charge in [0, 0.05) is 7.11 Å². The fourth-order valence-electron chi connectivity index (χ4n) is 0.934. The summed E-state index contributed by atoms with van der Waals surface area (Å²) in [7, 11) is 1.53. The summed E-state index contributed by atoms with van der Waals surface area (Å²) in [5, 5.41) is 8.60. The smallest absolute Gasteiger partial charge is 0.124 e. The van der Waals surface area contributed by atoms with Crippen LogP contribution in [-0.4, -0.2) is 7.11 Å². The Labute approximate surface area is 70.2 Å². The molecule has 0 aliphatic rings. The molecule has 0 N–H and O–H groups in total. The third-order valence-electron chi connectivity index (χ3n) is 1.49. The number of halogens is 1. The van der Waals surface area contributed by atoms with Gasteiger partial charge in [-0.2, -0.15) is 5.26 Å². The number of nitriles is 1. The average Bonchev–Trinajstić information content (AvgIpc) is 2.08. The second kappa shape index (κ2) is 3.84. The molecule has 1 aromatic rings. The lowest BCUT2D eigenvalue weighted by atomic mass is 10.1. The number of rotatable bonds is 2. The molecule has 0 spiro atoms. The van der Waals surface area contributed by atoms with Crippen LogP contribution in [0.15, 0.2) is 18.2 Å². The first-order chi connectivity index (χ1) is 5.77. The highest BCUT2D eigenvalue weighted by Gasteiger charge is 2.01. The lowest BCUT2D eigenvalue weighted by Gasteiger charge is -2.01. The molecule has 62 valence electrons. The molecule has 0 saturated carbocycles. The SMILES string of the molecule is COCc1ccc(F)cc1C#N. The van der Waals surface area contributed by atoms with E-state index in [0.29, 0.717) is 17.7 Å². The standard InChI is InChI=1S/C9H8FNO/c1-12-6-7-2-3-9(10)4-8(7)5-11/h2-4H,6H2,1H3. The molecule has 0 saturated heterocycles. The maximum atomic E-state index is 12.6. The van der Waals surface area contributed by atoms with Gasteiger partial charge in [0.15, 0.2) is 0 Å². The zero-order chi connectivity index (χ0) is 8.97. The van der Waals surface area contributed by atoms with Gasteiger partial charge in [0.1, 0.15) is 5.82 Å². The molecule has 0 radical (unpaired) electrons. The topological polar surface area (TPSA) is 33.0 Å². The molecule has 0 heterocycles. The maximum Gasteiger partial charge on any atom is 0.124 e. The van der Waals surface area contributed by atoms with E-state index in [0.717, 1.165) is 0 Å². The van der Waals surface area contributed by atoms with Crippen LogP contribution in [0.4, 0.5) is 4.39 Å². The van der Waals surface area contributed by atoms with E-state index in [1.165, 1.54) is 19.2 Å². The summed E-state index contributed by atoms with van der Waals surface area (Å²) in [5.41, 5.74) is 1.04. The summed E-state index contributed by atoms with van der Waals surface area (Å²) < 4.78 is 17.4. The van der Waals surface area contributed by atoms with Gasteiger partial charge in [0.25, 0.3) is 0 Å². The molecule has 1 rings (SSSR count). The first-order valence-corrected chi connectivity index (χ1v) is 3.45. The molecule has 0 fully saturated rings. The number of methoxy groups -OCH3 is 1. The van der Waals surface area contributed by atoms with Gasteiger partial charge in [0.05, 0.1) is 18.2 Å². The van der Waals surface area contributed by atoms with E-state index in [2.05, 4.69) is 0 Å². The van der Waals surface area contributed by atoms with Crippen LogP contribution in [0.3, 0.4) is 0 Å². The van der Waals surface area contributed by atoms with Crippen molar-refractivity contribution in [1.82, 2.24) is 0 Å². The van der Waals surface area contributed by atoms with E-state index in [1.807, 2.05) is 6.07 Å². The first kappa shape index (κ1) is 8.69. The number of nitrogens with zero attached hydrogens (tertiary/aromatic N) is 1. The minimum Gasteiger partial charge on any atom is -0.380 e. The largest absolute Gasteiger partial charge is 0.380 e. The van der Waals surface area contributed by atoms with Crippen molar-refractivity contribution in [1.29, 1.82) is 5.26 Å². The molecule has 0 bridgehead atoms. The Kier molecular flexibility index (Phi) is 2.78. The van der Waals surface area contributed by atoms with Crippen molar-refractivity contribution in [3.63, 3.8) is 0 Å². The Morgan fingerprint density at radius 3 is 2.92 bits per heavy atom. The number of hydrogen-bond donors (Lipinski definition) is 0. The molecule has 0 unspecified atom stereocenters. The van der Waals surface area contributed by atoms with Crippen molar-refractivity contribution >= 4 is 0 Å². The fourth-order valence-corrected chi connectivity index (χ4v) is 0.934. The Hall–Kier alpha value is -1.40. The zero-order valence-corrected chi connectivity index (χ0v) is 6.67. The minimum absolute atomic E-state index is 0.330. The van der Waals surface area contributed by atoms with Gasteiger partial charge in [-0.15, -0.1) is 0 Å². The van der Waals surface area contributed by atoms with E-state index in [-0.39, 0.29) is 0 Å². The van der Waals surface area contributed by atoms with Crippen LogP contribution in [0.2, 0.25) is 0 Å². The van der Waals surface area contributed by atoms with Crippen LogP contribution in [0.5, 0.6) is 0 Å². The molecule has 3 heteroatoms. The third-order valence-corrected chi connectivity index (χ3v) is 1.49. The van der Waals surface area contributed by atoms with E-state index in [1.54, 1.807) is 6.07 Å². The molecular weight excluding hydrogens is 157 g/mol. The summed E-state index contributed by atoms with van der Waals surface area (Å²) in [5.74, 6) is -0.397. The average molecular weight is 165 g/mol. The van der Waals surface area contributed by atoms with E-state index >= 15 is 0 Å². The number of hydrogen-bond acceptors (Lipinski definition) is 2. The molecule has 1 aromatic carbocycles. The molecule has 12 heavy (non-hydrogen) atoms. The van der Waals surface area contributed by atoms with Crippen LogP contribution in [0.1, 0.15) is 11.1 Å². The Morgan fingerprint density at radius 1 is 1.58 bits per heavy atom. The monoisotopic (exact) mass is 165 g/mol. The van der Waals surface area contributed by atoms with Gasteiger partial charge in [0.2, 0.25) is 0 Å². The van der Waals surface area contributed by atoms with Crippen molar-refractivity contribution in [3.8, 4) is 6.07 Å². The molecular formula is C9H8FNO. The van der Waals surface area contributed by atoms with Gasteiger partial charge >= 0.3 is 0 Å². The zero-order valence-electron chi connectivity index (χ0n) is 6.67. The van der Waals surface area contributed by atoms with Gasteiger partial charge in [-0.3, -0.25) is 0 Å². The number of benzene rings is 1. The second-order valence-electron chi connectivity index (χ2n) is 2.35. The molecule has 0 aromatic heterocycles. The Bertz CT molecular complexity index is 317. The van der Waals surface area contributed by atoms with Crippen LogP contribution in [0, 0.1) is 17.1 Å². The summed E-state index contributed by atoms with van der Waals surface area (Å²) in [6.45, 7) is 0.336. The molecule has 0 amide bonds. The Balaban J connectivity index is 3.05. The van der Waals surface area contributed by atoms with E-state index < -0.39 is 5.82 Å². The predicted octanol–water partition coefficient (Wildman–Crippen LogP) is 1.84. The minimum atomic E-state index is -0.397. The lowest BCUT2D eigenvalue weighted by Crippen LogP contribution is -1.92. The molecule has 2 nitrogen and oxygen atoms in total. The van der Waals surface area contributed by atoms with Crippen LogP contribution in [-0.2, 0) is 11.3 Å². The van der Waals surface area contributed by atoms with Gasteiger partial charge in [-0.1, -0.05) is 6.07 Å². The van der Waals surface area contributed by atoms with Crippen molar-refractivity contribution < 1.29 is 9.13 Å². The van der Waals surface area contributed by atoms with Crippen LogP contribution >= 0.6 is 0 Å². The summed E-state index contributed by atoms with van der Waals surface area (Å²) in [6, 6.07) is 5.97. The van der Waals surface area contributed by atoms with Gasteiger partial charge < -0.3 is 4.74 Å². The van der Waals surface area contributed by atoms with E-state index in [4.69, 9.17) is 10.00 Å². The number of ether oxygens (including phenoxy) is 1.